The van der Waals surface area contributed by atoms with Gasteiger partial charge in [-0.15, -0.1) is 0 Å². The monoisotopic (exact) mass is 317 g/mol. The van der Waals surface area contributed by atoms with Crippen LogP contribution in [0.25, 0.3) is 0 Å². The summed E-state index contributed by atoms with van der Waals surface area (Å²) in [5, 5.41) is 3.59. The molecule has 0 radical (unpaired) electrons. The van der Waals surface area contributed by atoms with Crippen LogP contribution in [0.5, 0.6) is 0 Å². The minimum atomic E-state index is 0.556. The highest BCUT2D eigenvalue weighted by atomic mass is 127. The van der Waals surface area contributed by atoms with Gasteiger partial charge in [0.1, 0.15) is 0 Å². The van der Waals surface area contributed by atoms with Gasteiger partial charge in [-0.3, -0.25) is 0 Å². The number of nitrogens with one attached hydrogen (secondary N) is 1. The molecule has 1 nitrogen and oxygen atoms in total. The highest BCUT2D eigenvalue weighted by Gasteiger charge is 2.06. The molecular formula is C13H20IN. The second kappa shape index (κ2) is 6.48. The number of benzene rings is 1. The fourth-order valence-electron chi connectivity index (χ4n) is 1.64. The summed E-state index contributed by atoms with van der Waals surface area (Å²) in [6.45, 7) is 6.71. The van der Waals surface area contributed by atoms with E-state index in [1.807, 2.05) is 0 Å². The van der Waals surface area contributed by atoms with Gasteiger partial charge < -0.3 is 5.32 Å². The van der Waals surface area contributed by atoms with Gasteiger partial charge in [-0.05, 0) is 67.0 Å². The Morgan fingerprint density at radius 3 is 2.27 bits per heavy atom. The van der Waals surface area contributed by atoms with Crippen LogP contribution in [-0.2, 0) is 6.42 Å². The Morgan fingerprint density at radius 1 is 1.13 bits per heavy atom. The molecule has 0 fully saturated rings. The van der Waals surface area contributed by atoms with E-state index in [2.05, 4.69) is 72.9 Å². The van der Waals surface area contributed by atoms with E-state index in [0.29, 0.717) is 12.1 Å². The van der Waals surface area contributed by atoms with Gasteiger partial charge in [0.25, 0.3) is 0 Å². The zero-order chi connectivity index (χ0) is 11.3. The van der Waals surface area contributed by atoms with Gasteiger partial charge in [0, 0.05) is 15.7 Å². The number of rotatable bonds is 5. The Hall–Kier alpha value is -0.0900. The summed E-state index contributed by atoms with van der Waals surface area (Å²) in [5.74, 6) is 0. The van der Waals surface area contributed by atoms with Gasteiger partial charge >= 0.3 is 0 Å². The second-order valence-electron chi connectivity index (χ2n) is 4.21. The minimum absolute atomic E-state index is 0.556. The molecule has 1 aromatic rings. The van der Waals surface area contributed by atoms with Gasteiger partial charge in [0.05, 0.1) is 0 Å². The van der Waals surface area contributed by atoms with Crippen LogP contribution in [-0.4, -0.2) is 12.1 Å². The molecule has 1 N–H and O–H groups in total. The van der Waals surface area contributed by atoms with Gasteiger partial charge in [0.15, 0.2) is 0 Å². The highest BCUT2D eigenvalue weighted by molar-refractivity contribution is 14.1. The minimum Gasteiger partial charge on any atom is -0.311 e. The molecule has 1 aromatic carbocycles. The van der Waals surface area contributed by atoms with E-state index in [0.717, 1.165) is 6.42 Å². The Morgan fingerprint density at radius 2 is 1.73 bits per heavy atom. The van der Waals surface area contributed by atoms with Gasteiger partial charge in [-0.2, -0.15) is 0 Å². The van der Waals surface area contributed by atoms with Crippen LogP contribution >= 0.6 is 22.6 Å². The average molecular weight is 317 g/mol. The summed E-state index contributed by atoms with van der Waals surface area (Å²) in [6.07, 6.45) is 2.30. The lowest BCUT2D eigenvalue weighted by molar-refractivity contribution is 0.455. The second-order valence-corrected chi connectivity index (χ2v) is 5.45. The van der Waals surface area contributed by atoms with E-state index >= 15 is 0 Å². The molecule has 0 saturated carbocycles. The number of hydrogen-bond acceptors (Lipinski definition) is 1. The molecule has 1 rings (SSSR count). The Labute approximate surface area is 107 Å². The molecule has 0 aliphatic rings. The lowest BCUT2D eigenvalue weighted by Gasteiger charge is -2.18. The fourth-order valence-corrected chi connectivity index (χ4v) is 2.00. The van der Waals surface area contributed by atoms with Gasteiger partial charge in [-0.25, -0.2) is 0 Å². The largest absolute Gasteiger partial charge is 0.311 e. The maximum atomic E-state index is 3.59. The van der Waals surface area contributed by atoms with Crippen LogP contribution < -0.4 is 5.32 Å². The van der Waals surface area contributed by atoms with Crippen molar-refractivity contribution < 1.29 is 0 Å². The van der Waals surface area contributed by atoms with E-state index in [1.54, 1.807) is 0 Å². The van der Waals surface area contributed by atoms with Crippen molar-refractivity contribution in [2.24, 2.45) is 0 Å². The lowest BCUT2D eigenvalue weighted by atomic mass is 10.1. The number of halogens is 1. The zero-order valence-electron chi connectivity index (χ0n) is 9.76. The first-order chi connectivity index (χ1) is 7.11. The van der Waals surface area contributed by atoms with Crippen molar-refractivity contribution in [3.63, 3.8) is 0 Å². The molecule has 2 atom stereocenters. The van der Waals surface area contributed by atoms with Crippen LogP contribution in [0.1, 0.15) is 32.8 Å². The van der Waals surface area contributed by atoms with Crippen molar-refractivity contribution >= 4 is 22.6 Å². The Balaban J connectivity index is 2.44. The van der Waals surface area contributed by atoms with Crippen molar-refractivity contribution in [3.8, 4) is 0 Å². The highest BCUT2D eigenvalue weighted by Crippen LogP contribution is 2.09. The van der Waals surface area contributed by atoms with Gasteiger partial charge in [-0.1, -0.05) is 19.1 Å². The average Bonchev–Trinajstić information content (AvgIpc) is 2.21. The molecule has 15 heavy (non-hydrogen) atoms. The molecule has 0 aliphatic heterocycles. The topological polar surface area (TPSA) is 12.0 Å². The first-order valence-corrected chi connectivity index (χ1v) is 6.70. The van der Waals surface area contributed by atoms with Crippen molar-refractivity contribution in [2.75, 3.05) is 0 Å². The normalized spacial score (nSPS) is 14.9. The van der Waals surface area contributed by atoms with Crippen LogP contribution in [0.3, 0.4) is 0 Å². The molecule has 0 amide bonds. The third-order valence-electron chi connectivity index (χ3n) is 2.64. The molecule has 0 unspecified atom stereocenters. The first kappa shape index (κ1) is 13.0. The molecular weight excluding hydrogens is 297 g/mol. The van der Waals surface area contributed by atoms with E-state index in [9.17, 15) is 0 Å². The van der Waals surface area contributed by atoms with Crippen LogP contribution in [0.4, 0.5) is 0 Å². The summed E-state index contributed by atoms with van der Waals surface area (Å²) in [5.41, 5.74) is 1.42. The van der Waals surface area contributed by atoms with Gasteiger partial charge in [0.2, 0.25) is 0 Å². The quantitative estimate of drug-likeness (QED) is 0.818. The summed E-state index contributed by atoms with van der Waals surface area (Å²) >= 11 is 2.34. The van der Waals surface area contributed by atoms with E-state index in [-0.39, 0.29) is 0 Å². The molecule has 84 valence electrons. The Kier molecular flexibility index (Phi) is 5.61. The third kappa shape index (κ3) is 4.98. The summed E-state index contributed by atoms with van der Waals surface area (Å²) in [6, 6.07) is 9.95. The predicted octanol–water partition coefficient (Wildman–Crippen LogP) is 3.61. The van der Waals surface area contributed by atoms with Crippen LogP contribution in [0, 0.1) is 3.57 Å². The van der Waals surface area contributed by atoms with E-state index in [1.165, 1.54) is 15.6 Å². The first-order valence-electron chi connectivity index (χ1n) is 5.62. The predicted molar refractivity (Wildman–Crippen MR) is 75.2 cm³/mol. The van der Waals surface area contributed by atoms with E-state index in [4.69, 9.17) is 0 Å². The lowest BCUT2D eigenvalue weighted by Crippen LogP contribution is -2.35. The molecule has 0 heterocycles. The molecule has 0 spiro atoms. The van der Waals surface area contributed by atoms with Crippen LogP contribution in [0.15, 0.2) is 24.3 Å². The SMILES string of the molecule is CC[C@@H](C)N[C@@H](C)Cc1ccc(I)cc1. The summed E-state index contributed by atoms with van der Waals surface area (Å²) in [7, 11) is 0. The zero-order valence-corrected chi connectivity index (χ0v) is 11.9. The molecule has 2 heteroatoms. The molecule has 0 aliphatic carbocycles. The summed E-state index contributed by atoms with van der Waals surface area (Å²) < 4.78 is 1.30. The molecule has 0 aromatic heterocycles. The standard InChI is InChI=1S/C13H20IN/c1-4-10(2)15-11(3)9-12-5-7-13(14)8-6-12/h5-8,10-11,15H,4,9H2,1-3H3/t10-,11+/m1/s1. The van der Waals surface area contributed by atoms with Crippen molar-refractivity contribution in [1.29, 1.82) is 0 Å². The summed E-state index contributed by atoms with van der Waals surface area (Å²) in [4.78, 5) is 0. The van der Waals surface area contributed by atoms with Crippen molar-refractivity contribution in [3.05, 3.63) is 33.4 Å². The van der Waals surface area contributed by atoms with Crippen LogP contribution in [0.2, 0.25) is 0 Å². The van der Waals surface area contributed by atoms with Crippen molar-refractivity contribution in [1.82, 2.24) is 5.32 Å². The fraction of sp³-hybridized carbons (Fsp3) is 0.538. The molecule has 0 bridgehead atoms. The maximum Gasteiger partial charge on any atom is 0.0130 e. The Bertz CT molecular complexity index is 281. The maximum absolute atomic E-state index is 3.59. The molecule has 0 saturated heterocycles. The third-order valence-corrected chi connectivity index (χ3v) is 3.36. The number of hydrogen-bond donors (Lipinski definition) is 1. The smallest absolute Gasteiger partial charge is 0.0130 e. The van der Waals surface area contributed by atoms with E-state index < -0.39 is 0 Å². The van der Waals surface area contributed by atoms with Crippen molar-refractivity contribution in [2.45, 2.75) is 45.7 Å².